The lowest BCUT2D eigenvalue weighted by Gasteiger charge is -2.09. The van der Waals surface area contributed by atoms with Crippen molar-refractivity contribution in [2.45, 2.75) is 4.90 Å². The molecule has 0 radical (unpaired) electrons. The highest BCUT2D eigenvalue weighted by atomic mass is 32.2. The Balaban J connectivity index is 1.71. The summed E-state index contributed by atoms with van der Waals surface area (Å²) in [5.74, 6) is -0.316. The maximum absolute atomic E-state index is 12.7. The summed E-state index contributed by atoms with van der Waals surface area (Å²) in [5, 5.41) is 29.9. The van der Waals surface area contributed by atoms with Crippen LogP contribution in [0.4, 0.5) is 17.1 Å². The fourth-order valence-electron chi connectivity index (χ4n) is 2.92. The van der Waals surface area contributed by atoms with Gasteiger partial charge in [0.15, 0.2) is 0 Å². The topological polar surface area (TPSA) is 111 Å². The summed E-state index contributed by atoms with van der Waals surface area (Å²) in [7, 11) is -3.89. The standard InChI is InChI=1S/C22H17N3O4S/c26-20-13-11-17(30(28,29)25-16-7-2-1-3-8-16)14-19(20)23-24-22-18-9-5-4-6-15(18)10-12-21(22)27/h1-14,25-27H. The van der Waals surface area contributed by atoms with E-state index in [0.29, 0.717) is 11.1 Å². The largest absolute Gasteiger partial charge is 0.506 e. The summed E-state index contributed by atoms with van der Waals surface area (Å²) >= 11 is 0. The minimum Gasteiger partial charge on any atom is -0.506 e. The van der Waals surface area contributed by atoms with Crippen molar-refractivity contribution in [3.05, 3.63) is 84.9 Å². The lowest BCUT2D eigenvalue weighted by Crippen LogP contribution is -2.12. The molecule has 0 unspecified atom stereocenters. The van der Waals surface area contributed by atoms with E-state index in [4.69, 9.17) is 0 Å². The zero-order valence-electron chi connectivity index (χ0n) is 15.6. The molecular formula is C22H17N3O4S. The van der Waals surface area contributed by atoms with E-state index in [1.165, 1.54) is 24.3 Å². The Hall–Kier alpha value is -3.91. The van der Waals surface area contributed by atoms with Gasteiger partial charge in [-0.1, -0.05) is 48.5 Å². The Bertz CT molecular complexity index is 1350. The second kappa shape index (κ2) is 7.84. The fourth-order valence-corrected chi connectivity index (χ4v) is 4.00. The number of anilines is 1. The molecule has 8 heteroatoms. The molecule has 150 valence electrons. The smallest absolute Gasteiger partial charge is 0.261 e. The molecule has 0 atom stereocenters. The van der Waals surface area contributed by atoms with Crippen LogP contribution in [0.3, 0.4) is 0 Å². The van der Waals surface area contributed by atoms with Crippen molar-refractivity contribution in [1.29, 1.82) is 0 Å². The second-order valence-corrected chi connectivity index (χ2v) is 8.16. The third kappa shape index (κ3) is 3.94. The summed E-state index contributed by atoms with van der Waals surface area (Å²) < 4.78 is 27.8. The number of hydrogen-bond acceptors (Lipinski definition) is 6. The number of para-hydroxylation sites is 1. The molecule has 0 fully saturated rings. The van der Waals surface area contributed by atoms with Gasteiger partial charge in [-0.15, -0.1) is 10.2 Å². The number of nitrogens with one attached hydrogen (secondary N) is 1. The number of aromatic hydroxyl groups is 2. The van der Waals surface area contributed by atoms with Crippen molar-refractivity contribution >= 4 is 37.9 Å². The number of phenolic OH excluding ortho intramolecular Hbond substituents is 2. The predicted octanol–water partition coefficient (Wildman–Crippen LogP) is 5.47. The van der Waals surface area contributed by atoms with Crippen LogP contribution in [0.2, 0.25) is 0 Å². The zero-order chi connectivity index (χ0) is 21.1. The molecule has 0 aliphatic heterocycles. The molecule has 0 aliphatic rings. The Morgan fingerprint density at radius 3 is 2.23 bits per heavy atom. The van der Waals surface area contributed by atoms with E-state index in [1.807, 2.05) is 12.1 Å². The van der Waals surface area contributed by atoms with Gasteiger partial charge in [-0.3, -0.25) is 4.72 Å². The van der Waals surface area contributed by atoms with Gasteiger partial charge in [0.05, 0.1) is 4.90 Å². The normalized spacial score (nSPS) is 11.7. The summed E-state index contributed by atoms with van der Waals surface area (Å²) in [6.07, 6.45) is 0. The van der Waals surface area contributed by atoms with Crippen LogP contribution in [0.25, 0.3) is 10.8 Å². The van der Waals surface area contributed by atoms with Gasteiger partial charge in [-0.25, -0.2) is 8.42 Å². The Kier molecular flexibility index (Phi) is 5.07. The Labute approximate surface area is 173 Å². The molecule has 0 saturated carbocycles. The van der Waals surface area contributed by atoms with Crippen LogP contribution in [0.1, 0.15) is 0 Å². The van der Waals surface area contributed by atoms with Crippen LogP contribution in [-0.4, -0.2) is 18.6 Å². The third-order valence-corrected chi connectivity index (χ3v) is 5.80. The number of nitrogens with zero attached hydrogens (tertiary/aromatic N) is 2. The van der Waals surface area contributed by atoms with Crippen LogP contribution in [0, 0.1) is 0 Å². The van der Waals surface area contributed by atoms with Gasteiger partial charge < -0.3 is 10.2 Å². The number of rotatable bonds is 5. The molecule has 0 aromatic heterocycles. The van der Waals surface area contributed by atoms with Crippen LogP contribution in [-0.2, 0) is 10.0 Å². The minimum absolute atomic E-state index is 0.0433. The van der Waals surface area contributed by atoms with Gasteiger partial charge in [0.2, 0.25) is 0 Å². The first kappa shape index (κ1) is 19.4. The second-order valence-electron chi connectivity index (χ2n) is 6.48. The van der Waals surface area contributed by atoms with Crippen molar-refractivity contribution < 1.29 is 18.6 Å². The van der Waals surface area contributed by atoms with E-state index in [1.54, 1.807) is 48.5 Å². The first-order valence-corrected chi connectivity index (χ1v) is 10.5. The van der Waals surface area contributed by atoms with Crippen molar-refractivity contribution in [2.24, 2.45) is 10.2 Å². The number of fused-ring (bicyclic) bond motifs is 1. The van der Waals surface area contributed by atoms with Crippen LogP contribution in [0.15, 0.2) is 100 Å². The minimum atomic E-state index is -3.89. The highest BCUT2D eigenvalue weighted by Gasteiger charge is 2.16. The maximum Gasteiger partial charge on any atom is 0.261 e. The van der Waals surface area contributed by atoms with Crippen molar-refractivity contribution in [3.63, 3.8) is 0 Å². The number of azo groups is 1. The average Bonchev–Trinajstić information content (AvgIpc) is 2.74. The molecule has 0 aliphatic carbocycles. The van der Waals surface area contributed by atoms with Crippen molar-refractivity contribution in [1.82, 2.24) is 0 Å². The SMILES string of the molecule is O=S(=O)(Nc1ccccc1)c1ccc(O)c(N=Nc2c(O)ccc3ccccc23)c1. The molecule has 4 aromatic carbocycles. The summed E-state index contributed by atoms with van der Waals surface area (Å²) in [5.41, 5.74) is 0.593. The lowest BCUT2D eigenvalue weighted by molar-refractivity contribution is 0.474. The summed E-state index contributed by atoms with van der Waals surface area (Å²) in [6.45, 7) is 0. The maximum atomic E-state index is 12.7. The Morgan fingerprint density at radius 1 is 0.733 bits per heavy atom. The summed E-state index contributed by atoms with van der Waals surface area (Å²) in [6, 6.07) is 22.8. The average molecular weight is 419 g/mol. The van der Waals surface area contributed by atoms with Gasteiger partial charge in [0.1, 0.15) is 22.9 Å². The molecule has 4 rings (SSSR count). The molecule has 7 nitrogen and oxygen atoms in total. The fraction of sp³-hybridized carbons (Fsp3) is 0. The number of hydrogen-bond donors (Lipinski definition) is 3. The molecule has 3 N–H and O–H groups in total. The Morgan fingerprint density at radius 2 is 1.43 bits per heavy atom. The van der Waals surface area contributed by atoms with E-state index in [0.717, 1.165) is 5.39 Å². The number of benzene rings is 4. The van der Waals surface area contributed by atoms with Gasteiger partial charge >= 0.3 is 0 Å². The van der Waals surface area contributed by atoms with Gasteiger partial charge in [-0.2, -0.15) is 0 Å². The quantitative estimate of drug-likeness (QED) is 0.373. The predicted molar refractivity (Wildman–Crippen MR) is 115 cm³/mol. The molecule has 0 amide bonds. The van der Waals surface area contributed by atoms with Crippen LogP contribution in [0.5, 0.6) is 11.5 Å². The molecule has 0 spiro atoms. The molecule has 4 aromatic rings. The van der Waals surface area contributed by atoms with E-state index in [2.05, 4.69) is 15.0 Å². The zero-order valence-corrected chi connectivity index (χ0v) is 16.4. The van der Waals surface area contributed by atoms with E-state index >= 15 is 0 Å². The first-order valence-electron chi connectivity index (χ1n) is 8.97. The van der Waals surface area contributed by atoms with Crippen LogP contribution >= 0.6 is 0 Å². The van der Waals surface area contributed by atoms with E-state index in [9.17, 15) is 18.6 Å². The van der Waals surface area contributed by atoms with Crippen molar-refractivity contribution in [3.8, 4) is 11.5 Å². The molecule has 0 bridgehead atoms. The number of phenols is 2. The molecule has 0 saturated heterocycles. The van der Waals surface area contributed by atoms with Crippen molar-refractivity contribution in [2.75, 3.05) is 4.72 Å². The molecule has 30 heavy (non-hydrogen) atoms. The summed E-state index contributed by atoms with van der Waals surface area (Å²) in [4.78, 5) is -0.0831. The van der Waals surface area contributed by atoms with Gasteiger partial charge in [0.25, 0.3) is 10.0 Å². The third-order valence-electron chi connectivity index (χ3n) is 4.42. The van der Waals surface area contributed by atoms with E-state index < -0.39 is 10.0 Å². The monoisotopic (exact) mass is 419 g/mol. The molecule has 0 heterocycles. The number of sulfonamides is 1. The lowest BCUT2D eigenvalue weighted by atomic mass is 10.1. The van der Waals surface area contributed by atoms with Gasteiger partial charge in [-0.05, 0) is 41.8 Å². The first-order chi connectivity index (χ1) is 14.4. The highest BCUT2D eigenvalue weighted by molar-refractivity contribution is 7.92. The highest BCUT2D eigenvalue weighted by Crippen LogP contribution is 2.37. The van der Waals surface area contributed by atoms with Gasteiger partial charge in [0, 0.05) is 11.1 Å². The molecular weight excluding hydrogens is 402 g/mol. The van der Waals surface area contributed by atoms with Crippen LogP contribution < -0.4 is 4.72 Å². The van der Waals surface area contributed by atoms with E-state index in [-0.39, 0.29) is 27.8 Å².